The summed E-state index contributed by atoms with van der Waals surface area (Å²) in [6, 6.07) is 10.1. The molecule has 0 saturated carbocycles. The first-order valence-corrected chi connectivity index (χ1v) is 8.82. The van der Waals surface area contributed by atoms with Crippen molar-refractivity contribution < 1.29 is 4.79 Å². The quantitative estimate of drug-likeness (QED) is 0.340. The zero-order valence-electron chi connectivity index (χ0n) is 10.1. The standard InChI is InChI=1S/C12H18N2OSi/c1-16(2,3)14(13-10-7-11-15)12-8-5-4-6-9-12/h4-6,8-11H,7H2,1-3H3. The Balaban J connectivity index is 2.93. The van der Waals surface area contributed by atoms with Crippen LogP contribution in [-0.2, 0) is 4.79 Å². The molecular weight excluding hydrogens is 216 g/mol. The van der Waals surface area contributed by atoms with Gasteiger partial charge in [0.1, 0.15) is 6.29 Å². The van der Waals surface area contributed by atoms with Crippen LogP contribution in [0.15, 0.2) is 35.4 Å². The second-order valence-corrected chi connectivity index (χ2v) is 9.28. The maximum Gasteiger partial charge on any atom is 0.176 e. The molecule has 0 aromatic heterocycles. The molecule has 0 aliphatic carbocycles. The van der Waals surface area contributed by atoms with Crippen molar-refractivity contribution in [3.8, 4) is 0 Å². The van der Waals surface area contributed by atoms with Gasteiger partial charge >= 0.3 is 0 Å². The predicted octanol–water partition coefficient (Wildman–Crippen LogP) is 2.90. The Bertz CT molecular complexity index is 357. The molecule has 0 aliphatic heterocycles. The highest BCUT2D eigenvalue weighted by Crippen LogP contribution is 2.21. The van der Waals surface area contributed by atoms with E-state index < -0.39 is 8.24 Å². The SMILES string of the molecule is C[Si](C)(C)N(N=CCC=O)c1ccccc1. The smallest absolute Gasteiger partial charge is 0.176 e. The Morgan fingerprint density at radius 3 is 2.38 bits per heavy atom. The van der Waals surface area contributed by atoms with E-state index in [0.29, 0.717) is 6.42 Å². The van der Waals surface area contributed by atoms with Gasteiger partial charge < -0.3 is 4.79 Å². The molecule has 4 heteroatoms. The molecule has 1 aromatic carbocycles. The van der Waals surface area contributed by atoms with Crippen LogP contribution in [-0.4, -0.2) is 20.7 Å². The molecule has 0 N–H and O–H groups in total. The lowest BCUT2D eigenvalue weighted by atomic mass is 10.3. The number of aldehydes is 1. The van der Waals surface area contributed by atoms with Crippen LogP contribution in [0, 0.1) is 0 Å². The number of hydrogen-bond acceptors (Lipinski definition) is 3. The lowest BCUT2D eigenvalue weighted by molar-refractivity contribution is -0.106. The number of carbonyl (C=O) groups is 1. The van der Waals surface area contributed by atoms with Crippen LogP contribution in [0.25, 0.3) is 0 Å². The van der Waals surface area contributed by atoms with E-state index >= 15 is 0 Å². The molecule has 1 aromatic rings. The molecule has 0 fully saturated rings. The summed E-state index contributed by atoms with van der Waals surface area (Å²) in [5, 5.41) is 4.39. The monoisotopic (exact) mass is 234 g/mol. The number of para-hydroxylation sites is 1. The van der Waals surface area contributed by atoms with Gasteiger partial charge in [-0.2, -0.15) is 5.10 Å². The van der Waals surface area contributed by atoms with E-state index in [2.05, 4.69) is 29.4 Å². The van der Waals surface area contributed by atoms with Crippen LogP contribution >= 0.6 is 0 Å². The molecule has 0 bridgehead atoms. The lowest BCUT2D eigenvalue weighted by Crippen LogP contribution is -2.42. The molecule has 0 amide bonds. The second kappa shape index (κ2) is 5.60. The molecule has 0 aliphatic rings. The van der Waals surface area contributed by atoms with Gasteiger partial charge in [0, 0.05) is 18.3 Å². The number of hydrazone groups is 1. The van der Waals surface area contributed by atoms with Crippen LogP contribution in [0.1, 0.15) is 6.42 Å². The van der Waals surface area contributed by atoms with Crippen molar-refractivity contribution in [2.45, 2.75) is 26.1 Å². The van der Waals surface area contributed by atoms with Crippen molar-refractivity contribution in [2.24, 2.45) is 5.10 Å². The van der Waals surface area contributed by atoms with E-state index in [4.69, 9.17) is 0 Å². The summed E-state index contributed by atoms with van der Waals surface area (Å²) in [5.74, 6) is 0. The van der Waals surface area contributed by atoms with Crippen LogP contribution in [0.2, 0.25) is 19.6 Å². The zero-order chi connectivity index (χ0) is 12.0. The third kappa shape index (κ3) is 3.62. The van der Waals surface area contributed by atoms with Gasteiger partial charge in [-0.05, 0) is 31.8 Å². The van der Waals surface area contributed by atoms with Crippen LogP contribution in [0.5, 0.6) is 0 Å². The first-order chi connectivity index (χ1) is 7.55. The van der Waals surface area contributed by atoms with Crippen molar-refractivity contribution in [1.29, 1.82) is 0 Å². The average Bonchev–Trinajstić information content (AvgIpc) is 2.24. The molecule has 0 radical (unpaired) electrons. The van der Waals surface area contributed by atoms with Crippen molar-refractivity contribution in [3.05, 3.63) is 30.3 Å². The summed E-state index contributed by atoms with van der Waals surface area (Å²) >= 11 is 0. The van der Waals surface area contributed by atoms with E-state index in [9.17, 15) is 4.79 Å². The van der Waals surface area contributed by atoms with Gasteiger partial charge in [0.05, 0.1) is 0 Å². The van der Waals surface area contributed by atoms with E-state index in [0.717, 1.165) is 12.0 Å². The van der Waals surface area contributed by atoms with Gasteiger partial charge in [0.15, 0.2) is 8.24 Å². The van der Waals surface area contributed by atoms with Gasteiger partial charge in [0.25, 0.3) is 0 Å². The number of carbonyl (C=O) groups excluding carboxylic acids is 1. The molecule has 86 valence electrons. The highest BCUT2D eigenvalue weighted by Gasteiger charge is 2.23. The number of benzene rings is 1. The highest BCUT2D eigenvalue weighted by atomic mass is 28.3. The van der Waals surface area contributed by atoms with Crippen molar-refractivity contribution in [2.75, 3.05) is 4.67 Å². The number of hydrogen-bond donors (Lipinski definition) is 0. The fourth-order valence-electron chi connectivity index (χ4n) is 1.37. The van der Waals surface area contributed by atoms with Gasteiger partial charge in [-0.3, -0.25) is 4.67 Å². The summed E-state index contributed by atoms with van der Waals surface area (Å²) in [6.07, 6.45) is 2.89. The van der Waals surface area contributed by atoms with Gasteiger partial charge in [-0.25, -0.2) is 0 Å². The lowest BCUT2D eigenvalue weighted by Gasteiger charge is -2.31. The summed E-state index contributed by atoms with van der Waals surface area (Å²) in [5.41, 5.74) is 1.09. The topological polar surface area (TPSA) is 32.7 Å². The first-order valence-electron chi connectivity index (χ1n) is 5.37. The summed E-state index contributed by atoms with van der Waals surface area (Å²) in [7, 11) is -1.56. The Labute approximate surface area is 97.9 Å². The summed E-state index contributed by atoms with van der Waals surface area (Å²) < 4.78 is 2.05. The molecule has 0 spiro atoms. The summed E-state index contributed by atoms with van der Waals surface area (Å²) in [4.78, 5) is 10.3. The third-order valence-corrected chi connectivity index (χ3v) is 3.68. The molecule has 16 heavy (non-hydrogen) atoms. The van der Waals surface area contributed by atoms with Gasteiger partial charge in [-0.1, -0.05) is 18.2 Å². The average molecular weight is 234 g/mol. The minimum Gasteiger partial charge on any atom is -0.303 e. The minimum atomic E-state index is -1.56. The molecule has 1 rings (SSSR count). The minimum absolute atomic E-state index is 0.369. The van der Waals surface area contributed by atoms with Crippen molar-refractivity contribution in [1.82, 2.24) is 0 Å². The van der Waals surface area contributed by atoms with Crippen LogP contribution in [0.3, 0.4) is 0 Å². The molecule has 0 heterocycles. The molecular formula is C12H18N2OSi. The fraction of sp³-hybridized carbons (Fsp3) is 0.333. The normalized spacial score (nSPS) is 11.7. The van der Waals surface area contributed by atoms with Crippen molar-refractivity contribution in [3.63, 3.8) is 0 Å². The van der Waals surface area contributed by atoms with E-state index in [1.165, 1.54) is 0 Å². The van der Waals surface area contributed by atoms with E-state index in [1.807, 2.05) is 30.3 Å². The molecule has 0 saturated heterocycles. The Morgan fingerprint density at radius 2 is 1.88 bits per heavy atom. The Kier molecular flexibility index (Phi) is 4.43. The van der Waals surface area contributed by atoms with Gasteiger partial charge in [-0.15, -0.1) is 0 Å². The van der Waals surface area contributed by atoms with Crippen LogP contribution in [0.4, 0.5) is 5.69 Å². The largest absolute Gasteiger partial charge is 0.303 e. The third-order valence-electron chi connectivity index (χ3n) is 2.03. The predicted molar refractivity (Wildman–Crippen MR) is 71.4 cm³/mol. The van der Waals surface area contributed by atoms with Crippen LogP contribution < -0.4 is 4.67 Å². The molecule has 0 atom stereocenters. The van der Waals surface area contributed by atoms with Gasteiger partial charge in [0.2, 0.25) is 0 Å². The second-order valence-electron chi connectivity index (χ2n) is 4.52. The maximum absolute atomic E-state index is 10.3. The first kappa shape index (κ1) is 12.6. The number of nitrogens with zero attached hydrogens (tertiary/aromatic N) is 2. The van der Waals surface area contributed by atoms with E-state index in [-0.39, 0.29) is 0 Å². The summed E-state index contributed by atoms with van der Waals surface area (Å²) in [6.45, 7) is 6.66. The van der Waals surface area contributed by atoms with Crippen molar-refractivity contribution >= 4 is 26.4 Å². The number of anilines is 1. The maximum atomic E-state index is 10.3. The highest BCUT2D eigenvalue weighted by molar-refractivity contribution is 6.79. The number of rotatable bonds is 5. The Morgan fingerprint density at radius 1 is 1.25 bits per heavy atom. The fourth-order valence-corrected chi connectivity index (χ4v) is 2.72. The molecule has 3 nitrogen and oxygen atoms in total. The van der Waals surface area contributed by atoms with E-state index in [1.54, 1.807) is 6.21 Å². The Hall–Kier alpha value is -1.42. The molecule has 0 unspecified atom stereocenters. The zero-order valence-corrected chi connectivity index (χ0v) is 11.1.